The molecule has 26 heavy (non-hydrogen) atoms. The van der Waals surface area contributed by atoms with E-state index in [-0.39, 0.29) is 17.9 Å². The molecule has 2 aromatic heterocycles. The molecule has 1 aliphatic carbocycles. The highest BCUT2D eigenvalue weighted by atomic mass is 16.2. The number of amides is 1. The average molecular weight is 351 g/mol. The van der Waals surface area contributed by atoms with Crippen LogP contribution < -0.4 is 5.56 Å². The summed E-state index contributed by atoms with van der Waals surface area (Å²) in [5.41, 5.74) is 1.53. The molecule has 1 fully saturated rings. The molecule has 0 aliphatic heterocycles. The fraction of sp³-hybridized carbons (Fsp3) is 0.368. The Kier molecular flexibility index (Phi) is 4.28. The molecule has 134 valence electrons. The minimum Gasteiger partial charge on any atom is -0.335 e. The maximum absolute atomic E-state index is 12.8. The number of fused-ring (bicyclic) bond motifs is 1. The Morgan fingerprint density at radius 2 is 2.04 bits per heavy atom. The molecule has 0 bridgehead atoms. The van der Waals surface area contributed by atoms with E-state index in [0.717, 1.165) is 18.4 Å². The second-order valence-corrected chi connectivity index (χ2v) is 6.74. The average Bonchev–Trinajstić information content (AvgIpc) is 3.43. The first-order chi connectivity index (χ1) is 12.6. The molecule has 1 saturated carbocycles. The van der Waals surface area contributed by atoms with Crippen LogP contribution in [0.4, 0.5) is 0 Å². The fourth-order valence-electron chi connectivity index (χ4n) is 3.17. The van der Waals surface area contributed by atoms with Crippen molar-refractivity contribution in [3.05, 3.63) is 58.8 Å². The van der Waals surface area contributed by atoms with E-state index in [1.807, 2.05) is 35.2 Å². The van der Waals surface area contributed by atoms with E-state index in [2.05, 4.69) is 10.1 Å². The van der Waals surface area contributed by atoms with Crippen molar-refractivity contribution < 1.29 is 4.79 Å². The lowest BCUT2D eigenvalue weighted by Crippen LogP contribution is -2.34. The Morgan fingerprint density at radius 3 is 2.77 bits per heavy atom. The first-order valence-electron chi connectivity index (χ1n) is 8.84. The predicted octanol–water partition coefficient (Wildman–Crippen LogP) is 1.71. The summed E-state index contributed by atoms with van der Waals surface area (Å²) in [5.74, 6) is 0.0783. The second-order valence-electron chi connectivity index (χ2n) is 6.74. The zero-order valence-electron chi connectivity index (χ0n) is 14.7. The van der Waals surface area contributed by atoms with Crippen molar-refractivity contribution in [1.29, 1.82) is 0 Å². The van der Waals surface area contributed by atoms with Gasteiger partial charge in [-0.15, -0.1) is 0 Å². The van der Waals surface area contributed by atoms with Gasteiger partial charge in [-0.25, -0.2) is 4.98 Å². The van der Waals surface area contributed by atoms with Gasteiger partial charge in [0.25, 0.3) is 5.56 Å². The molecule has 1 aromatic carbocycles. The zero-order chi connectivity index (χ0) is 18.1. The maximum Gasteiger partial charge on any atom is 0.264 e. The predicted molar refractivity (Wildman–Crippen MR) is 97.4 cm³/mol. The van der Waals surface area contributed by atoms with Crippen LogP contribution in [0.1, 0.15) is 24.8 Å². The molecule has 7 heteroatoms. The van der Waals surface area contributed by atoms with Gasteiger partial charge < -0.3 is 4.90 Å². The first kappa shape index (κ1) is 16.5. The summed E-state index contributed by atoms with van der Waals surface area (Å²) in [4.78, 5) is 31.5. The van der Waals surface area contributed by atoms with Gasteiger partial charge >= 0.3 is 0 Å². The molecule has 0 atom stereocenters. The van der Waals surface area contributed by atoms with Crippen LogP contribution in [0.3, 0.4) is 0 Å². The number of rotatable bonds is 6. The highest BCUT2D eigenvalue weighted by Gasteiger charge is 2.32. The van der Waals surface area contributed by atoms with Gasteiger partial charge in [0.2, 0.25) is 5.91 Å². The van der Waals surface area contributed by atoms with Crippen LogP contribution >= 0.6 is 0 Å². The van der Waals surface area contributed by atoms with Gasteiger partial charge in [0.1, 0.15) is 5.39 Å². The van der Waals surface area contributed by atoms with Crippen LogP contribution in [0.25, 0.3) is 11.0 Å². The number of hydrogen-bond acceptors (Lipinski definition) is 4. The highest BCUT2D eigenvalue weighted by Crippen LogP contribution is 2.29. The van der Waals surface area contributed by atoms with Crippen LogP contribution in [0.5, 0.6) is 0 Å². The molecule has 0 unspecified atom stereocenters. The molecule has 0 N–H and O–H groups in total. The quantitative estimate of drug-likeness (QED) is 0.678. The van der Waals surface area contributed by atoms with Crippen LogP contribution in [0.2, 0.25) is 0 Å². The van der Waals surface area contributed by atoms with E-state index in [4.69, 9.17) is 0 Å². The minimum atomic E-state index is -0.156. The molecular formula is C19H21N5O2. The third-order valence-electron chi connectivity index (χ3n) is 4.79. The molecule has 1 amide bonds. The number of benzene rings is 1. The largest absolute Gasteiger partial charge is 0.335 e. The smallest absolute Gasteiger partial charge is 0.264 e. The number of carbonyl (C=O) groups is 1. The van der Waals surface area contributed by atoms with Crippen LogP contribution in [-0.2, 0) is 24.9 Å². The lowest BCUT2D eigenvalue weighted by molar-refractivity contribution is -0.132. The number of nitrogens with zero attached hydrogens (tertiary/aromatic N) is 5. The second kappa shape index (κ2) is 6.74. The van der Waals surface area contributed by atoms with Gasteiger partial charge in [-0.2, -0.15) is 5.10 Å². The zero-order valence-corrected chi connectivity index (χ0v) is 14.7. The molecule has 2 heterocycles. The lowest BCUT2D eigenvalue weighted by atomic mass is 10.2. The van der Waals surface area contributed by atoms with Gasteiger partial charge in [0.15, 0.2) is 5.65 Å². The van der Waals surface area contributed by atoms with Gasteiger partial charge in [-0.1, -0.05) is 30.3 Å². The molecule has 7 nitrogen and oxygen atoms in total. The van der Waals surface area contributed by atoms with E-state index >= 15 is 0 Å². The van der Waals surface area contributed by atoms with Crippen LogP contribution in [0.15, 0.2) is 47.7 Å². The molecule has 0 saturated heterocycles. The van der Waals surface area contributed by atoms with E-state index in [1.54, 1.807) is 11.7 Å². The normalized spacial score (nSPS) is 13.9. The van der Waals surface area contributed by atoms with E-state index < -0.39 is 0 Å². The number of carbonyl (C=O) groups excluding carboxylic acids is 1. The van der Waals surface area contributed by atoms with Crippen molar-refractivity contribution in [3.8, 4) is 0 Å². The summed E-state index contributed by atoms with van der Waals surface area (Å²) in [6.45, 7) is 0.951. The van der Waals surface area contributed by atoms with E-state index in [1.165, 1.54) is 17.1 Å². The van der Waals surface area contributed by atoms with Crippen molar-refractivity contribution in [2.45, 2.75) is 38.4 Å². The Balaban J connectivity index is 1.47. The SMILES string of the molecule is Cn1ncc2c(=O)n(CCC(=O)N(Cc3ccccc3)C3CC3)cnc21. The van der Waals surface area contributed by atoms with Crippen LogP contribution in [0, 0.1) is 0 Å². The Labute approximate surface area is 150 Å². The molecule has 3 aromatic rings. The third kappa shape index (κ3) is 3.24. The van der Waals surface area contributed by atoms with Crippen molar-refractivity contribution in [2.24, 2.45) is 7.05 Å². The lowest BCUT2D eigenvalue weighted by Gasteiger charge is -2.23. The summed E-state index contributed by atoms with van der Waals surface area (Å²) >= 11 is 0. The topological polar surface area (TPSA) is 73.0 Å². The van der Waals surface area contributed by atoms with Crippen molar-refractivity contribution in [1.82, 2.24) is 24.2 Å². The molecule has 1 aliphatic rings. The van der Waals surface area contributed by atoms with Gasteiger partial charge in [-0.05, 0) is 18.4 Å². The Morgan fingerprint density at radius 1 is 1.27 bits per heavy atom. The van der Waals surface area contributed by atoms with E-state index in [0.29, 0.717) is 30.2 Å². The molecular weight excluding hydrogens is 330 g/mol. The summed E-state index contributed by atoms with van der Waals surface area (Å²) in [7, 11) is 1.75. The monoisotopic (exact) mass is 351 g/mol. The first-order valence-corrected chi connectivity index (χ1v) is 8.84. The van der Waals surface area contributed by atoms with Crippen molar-refractivity contribution >= 4 is 16.9 Å². The Bertz CT molecular complexity index is 988. The fourth-order valence-corrected chi connectivity index (χ4v) is 3.17. The standard InChI is InChI=1S/C19H21N5O2/c1-22-18-16(11-21-22)19(26)23(13-20-18)10-9-17(25)24(15-7-8-15)12-14-5-3-2-4-6-14/h2-6,11,13,15H,7-10,12H2,1H3. The minimum absolute atomic E-state index is 0.0783. The summed E-state index contributed by atoms with van der Waals surface area (Å²) < 4.78 is 3.07. The van der Waals surface area contributed by atoms with Crippen molar-refractivity contribution in [3.63, 3.8) is 0 Å². The molecule has 0 radical (unpaired) electrons. The number of aryl methyl sites for hydroxylation is 2. The summed E-state index contributed by atoms with van der Waals surface area (Å²) in [6, 6.07) is 10.3. The van der Waals surface area contributed by atoms with Gasteiger partial charge in [0, 0.05) is 32.6 Å². The van der Waals surface area contributed by atoms with Crippen LogP contribution in [-0.4, -0.2) is 36.2 Å². The van der Waals surface area contributed by atoms with Crippen molar-refractivity contribution in [2.75, 3.05) is 0 Å². The summed E-state index contributed by atoms with van der Waals surface area (Å²) in [6.07, 6.45) is 5.42. The molecule has 0 spiro atoms. The van der Waals surface area contributed by atoms with E-state index in [9.17, 15) is 9.59 Å². The van der Waals surface area contributed by atoms with Gasteiger partial charge in [0.05, 0.1) is 12.5 Å². The number of hydrogen-bond donors (Lipinski definition) is 0. The Hall–Kier alpha value is -2.96. The van der Waals surface area contributed by atoms with Gasteiger partial charge in [-0.3, -0.25) is 18.8 Å². The maximum atomic E-state index is 12.8. The molecule has 4 rings (SSSR count). The third-order valence-corrected chi connectivity index (χ3v) is 4.79. The highest BCUT2D eigenvalue weighted by molar-refractivity contribution is 5.77. The summed E-state index contributed by atoms with van der Waals surface area (Å²) in [5, 5.41) is 4.54. The number of aromatic nitrogens is 4.